The molecule has 3 rings (SSSR count). The van der Waals surface area contributed by atoms with Crippen LogP contribution >= 0.6 is 23.2 Å². The predicted molar refractivity (Wildman–Crippen MR) is 162 cm³/mol. The first kappa shape index (κ1) is 31.5. The van der Waals surface area contributed by atoms with E-state index in [-0.39, 0.29) is 37.7 Å². The summed E-state index contributed by atoms with van der Waals surface area (Å²) in [6, 6.07) is 19.4. The molecule has 0 aliphatic heterocycles. The Kier molecular flexibility index (Phi) is 11.0. The van der Waals surface area contributed by atoms with Gasteiger partial charge in [-0.2, -0.15) is 0 Å². The molecule has 0 saturated heterocycles. The lowest BCUT2D eigenvalue weighted by Gasteiger charge is -2.32. The van der Waals surface area contributed by atoms with E-state index < -0.39 is 16.1 Å². The van der Waals surface area contributed by atoms with Gasteiger partial charge in [0.15, 0.2) is 0 Å². The number of rotatable bonds is 12. The summed E-state index contributed by atoms with van der Waals surface area (Å²) in [7, 11) is -2.05. The first-order valence-electron chi connectivity index (χ1n) is 12.9. The molecule has 0 fully saturated rings. The molecule has 214 valence electrons. The van der Waals surface area contributed by atoms with Crippen molar-refractivity contribution in [2.45, 2.75) is 45.7 Å². The molecule has 0 bridgehead atoms. The van der Waals surface area contributed by atoms with Crippen LogP contribution in [0.2, 0.25) is 10.0 Å². The van der Waals surface area contributed by atoms with Gasteiger partial charge in [-0.1, -0.05) is 71.7 Å². The quantitative estimate of drug-likeness (QED) is 0.294. The van der Waals surface area contributed by atoms with Crippen molar-refractivity contribution < 1.29 is 18.0 Å². The lowest BCUT2D eigenvalue weighted by molar-refractivity contribution is -0.141. The second-order valence-electron chi connectivity index (χ2n) is 9.82. The third-order valence-electron chi connectivity index (χ3n) is 6.64. The van der Waals surface area contributed by atoms with Crippen LogP contribution in [-0.2, 0) is 32.6 Å². The smallest absolute Gasteiger partial charge is 0.242 e. The monoisotopic (exact) mass is 603 g/mol. The third-order valence-corrected chi connectivity index (χ3v) is 8.56. The first-order valence-corrected chi connectivity index (χ1v) is 15.5. The Morgan fingerprint density at radius 3 is 2.25 bits per heavy atom. The predicted octanol–water partition coefficient (Wildman–Crippen LogP) is 5.54. The molecule has 3 aromatic rings. The summed E-state index contributed by atoms with van der Waals surface area (Å²) in [6.45, 7) is 4.01. The Hall–Kier alpha value is -3.07. The largest absolute Gasteiger partial charge is 0.357 e. The van der Waals surface area contributed by atoms with Crippen molar-refractivity contribution in [1.82, 2.24) is 10.2 Å². The zero-order valence-electron chi connectivity index (χ0n) is 23.2. The molecular formula is C30H35Cl2N3O4S. The molecule has 0 spiro atoms. The van der Waals surface area contributed by atoms with E-state index in [0.29, 0.717) is 22.2 Å². The number of nitrogens with zero attached hydrogens (tertiary/aromatic N) is 2. The van der Waals surface area contributed by atoms with E-state index in [1.54, 1.807) is 18.2 Å². The van der Waals surface area contributed by atoms with Crippen LogP contribution in [0.3, 0.4) is 0 Å². The Labute approximate surface area is 247 Å². The van der Waals surface area contributed by atoms with Crippen LogP contribution in [0.4, 0.5) is 5.69 Å². The van der Waals surface area contributed by atoms with Crippen molar-refractivity contribution >= 4 is 50.7 Å². The molecule has 0 saturated carbocycles. The van der Waals surface area contributed by atoms with Crippen LogP contribution in [0.25, 0.3) is 0 Å². The van der Waals surface area contributed by atoms with Gasteiger partial charge in [-0.05, 0) is 60.7 Å². The van der Waals surface area contributed by atoms with Crippen LogP contribution in [0.1, 0.15) is 35.1 Å². The second kappa shape index (κ2) is 14.0. The molecule has 0 aliphatic carbocycles. The number of hydrogen-bond acceptors (Lipinski definition) is 4. The molecule has 0 heterocycles. The van der Waals surface area contributed by atoms with Gasteiger partial charge in [-0.3, -0.25) is 13.9 Å². The number of carbonyl (C=O) groups is 2. The molecule has 40 heavy (non-hydrogen) atoms. The van der Waals surface area contributed by atoms with Crippen molar-refractivity contribution in [3.05, 3.63) is 99.0 Å². The number of carbonyl (C=O) groups excluding carboxylic acids is 2. The number of anilines is 1. The Morgan fingerprint density at radius 2 is 1.62 bits per heavy atom. The maximum absolute atomic E-state index is 13.8. The molecule has 3 aromatic carbocycles. The Balaban J connectivity index is 1.88. The second-order valence-corrected chi connectivity index (χ2v) is 12.5. The zero-order chi connectivity index (χ0) is 29.4. The van der Waals surface area contributed by atoms with Gasteiger partial charge in [0.1, 0.15) is 6.04 Å². The first-order chi connectivity index (χ1) is 18.9. The maximum atomic E-state index is 13.8. The van der Waals surface area contributed by atoms with Gasteiger partial charge < -0.3 is 10.2 Å². The van der Waals surface area contributed by atoms with Crippen LogP contribution in [0.15, 0.2) is 66.7 Å². The number of sulfonamides is 1. The minimum Gasteiger partial charge on any atom is -0.357 e. The standard InChI is InChI=1S/C30H35Cl2N3O4S/c1-21-12-13-22(2)27(17-21)35(40(4,38)39)16-8-11-29(36)34(20-24-14-15-25(31)26(32)18-24)28(30(37)33-3)19-23-9-6-5-7-10-23/h5-7,9-10,12-15,17-18,28H,8,11,16,19-20H2,1-4H3,(H,33,37)/t28-/m0/s1. The van der Waals surface area contributed by atoms with Crippen LogP contribution in [-0.4, -0.2) is 51.0 Å². The Morgan fingerprint density at radius 1 is 0.925 bits per heavy atom. The zero-order valence-corrected chi connectivity index (χ0v) is 25.5. The minimum absolute atomic E-state index is 0.0422. The summed E-state index contributed by atoms with van der Waals surface area (Å²) >= 11 is 12.3. The number of hydrogen-bond donors (Lipinski definition) is 1. The maximum Gasteiger partial charge on any atom is 0.242 e. The highest BCUT2D eigenvalue weighted by Gasteiger charge is 2.30. The summed E-state index contributed by atoms with van der Waals surface area (Å²) in [6.07, 6.45) is 1.78. The van der Waals surface area contributed by atoms with Crippen molar-refractivity contribution in [3.63, 3.8) is 0 Å². The lowest BCUT2D eigenvalue weighted by Crippen LogP contribution is -2.49. The average Bonchev–Trinajstić information content (AvgIpc) is 2.91. The SMILES string of the molecule is CNC(=O)[C@H](Cc1ccccc1)N(Cc1ccc(Cl)c(Cl)c1)C(=O)CCCN(c1cc(C)ccc1C)S(C)(=O)=O. The molecule has 0 aliphatic rings. The summed E-state index contributed by atoms with van der Waals surface area (Å²) in [5.41, 5.74) is 3.98. The summed E-state index contributed by atoms with van der Waals surface area (Å²) in [5, 5.41) is 3.43. The van der Waals surface area contributed by atoms with Crippen molar-refractivity contribution in [3.8, 4) is 0 Å². The summed E-state index contributed by atoms with van der Waals surface area (Å²) < 4.78 is 26.7. The van der Waals surface area contributed by atoms with Crippen molar-refractivity contribution in [1.29, 1.82) is 0 Å². The molecule has 10 heteroatoms. The van der Waals surface area contributed by atoms with Crippen LogP contribution < -0.4 is 9.62 Å². The van der Waals surface area contributed by atoms with Gasteiger partial charge in [0.25, 0.3) is 0 Å². The van der Waals surface area contributed by atoms with E-state index in [4.69, 9.17) is 23.2 Å². The molecule has 1 N–H and O–H groups in total. The van der Waals surface area contributed by atoms with E-state index >= 15 is 0 Å². The highest BCUT2D eigenvalue weighted by molar-refractivity contribution is 7.92. The minimum atomic E-state index is -3.59. The van der Waals surface area contributed by atoms with Gasteiger partial charge in [0.2, 0.25) is 21.8 Å². The van der Waals surface area contributed by atoms with E-state index in [1.807, 2.05) is 62.4 Å². The van der Waals surface area contributed by atoms with Crippen LogP contribution in [0.5, 0.6) is 0 Å². The average molecular weight is 605 g/mol. The summed E-state index contributed by atoms with van der Waals surface area (Å²) in [5.74, 6) is -0.574. The number of aryl methyl sites for hydroxylation is 2. The van der Waals surface area contributed by atoms with Crippen molar-refractivity contribution in [2.75, 3.05) is 24.2 Å². The van der Waals surface area contributed by atoms with E-state index in [9.17, 15) is 18.0 Å². The van der Waals surface area contributed by atoms with Crippen molar-refractivity contribution in [2.24, 2.45) is 0 Å². The van der Waals surface area contributed by atoms with E-state index in [2.05, 4.69) is 5.32 Å². The lowest BCUT2D eigenvalue weighted by atomic mass is 10.0. The summed E-state index contributed by atoms with van der Waals surface area (Å²) in [4.78, 5) is 28.4. The number of nitrogens with one attached hydrogen (secondary N) is 1. The van der Waals surface area contributed by atoms with Gasteiger partial charge in [0, 0.05) is 33.0 Å². The number of amides is 2. The molecule has 0 radical (unpaired) electrons. The van der Waals surface area contributed by atoms with Crippen LogP contribution in [0, 0.1) is 13.8 Å². The molecular weight excluding hydrogens is 569 g/mol. The third kappa shape index (κ3) is 8.46. The highest BCUT2D eigenvalue weighted by atomic mass is 35.5. The number of halogens is 2. The Bertz CT molecular complexity index is 1450. The molecule has 1 atom stereocenters. The van der Waals surface area contributed by atoms with Gasteiger partial charge in [-0.15, -0.1) is 0 Å². The number of likely N-dealkylation sites (N-methyl/N-ethyl adjacent to an activating group) is 1. The van der Waals surface area contributed by atoms with Gasteiger partial charge >= 0.3 is 0 Å². The highest BCUT2D eigenvalue weighted by Crippen LogP contribution is 2.26. The van der Waals surface area contributed by atoms with Gasteiger partial charge in [0.05, 0.1) is 22.0 Å². The fraction of sp³-hybridized carbons (Fsp3) is 0.333. The molecule has 0 unspecified atom stereocenters. The fourth-order valence-electron chi connectivity index (χ4n) is 4.53. The van der Waals surface area contributed by atoms with E-state index in [0.717, 1.165) is 28.5 Å². The molecule has 2 amide bonds. The normalized spacial score (nSPS) is 12.1. The number of benzene rings is 3. The topological polar surface area (TPSA) is 86.8 Å². The van der Waals surface area contributed by atoms with E-state index in [1.165, 1.54) is 16.3 Å². The molecule has 0 aromatic heterocycles. The molecule has 7 nitrogen and oxygen atoms in total. The fourth-order valence-corrected chi connectivity index (χ4v) is 5.86. The van der Waals surface area contributed by atoms with Gasteiger partial charge in [-0.25, -0.2) is 8.42 Å².